The lowest BCUT2D eigenvalue weighted by Crippen LogP contribution is -1.74. The Kier molecular flexibility index (Phi) is 4.85. The van der Waals surface area contributed by atoms with E-state index in [0.717, 1.165) is 10.8 Å². The fourth-order valence-corrected chi connectivity index (χ4v) is 0.499. The first-order chi connectivity index (χ1) is 4.70. The Morgan fingerprint density at radius 2 is 2.10 bits per heavy atom. The van der Waals surface area contributed by atoms with E-state index in [1.807, 2.05) is 6.92 Å². The smallest absolute Gasteiger partial charge is 0.150 e. The van der Waals surface area contributed by atoms with Crippen molar-refractivity contribution in [3.63, 3.8) is 0 Å². The molecule has 0 aliphatic rings. The third-order valence-corrected chi connectivity index (χ3v) is 1.14. The van der Waals surface area contributed by atoms with Gasteiger partial charge in [-0.05, 0) is 11.4 Å². The van der Waals surface area contributed by atoms with Crippen molar-refractivity contribution in [1.29, 1.82) is 0 Å². The first-order valence-corrected chi connectivity index (χ1v) is 3.61. The van der Waals surface area contributed by atoms with Crippen molar-refractivity contribution in [3.8, 4) is 0 Å². The van der Waals surface area contributed by atoms with Gasteiger partial charge in [0.15, 0.2) is 0 Å². The zero-order valence-electron chi connectivity index (χ0n) is 5.80. The molecule has 0 spiro atoms. The van der Waals surface area contributed by atoms with E-state index in [9.17, 15) is 4.79 Å². The Labute approximate surface area is 69.3 Å². The monoisotopic (exact) mass is 200 g/mol. The molecule has 0 amide bonds. The molecule has 0 heterocycles. The van der Waals surface area contributed by atoms with Crippen molar-refractivity contribution in [1.82, 2.24) is 0 Å². The van der Waals surface area contributed by atoms with Gasteiger partial charge < -0.3 is 0 Å². The highest BCUT2D eigenvalue weighted by Gasteiger charge is 1.82. The van der Waals surface area contributed by atoms with Gasteiger partial charge in [0.25, 0.3) is 0 Å². The van der Waals surface area contributed by atoms with Gasteiger partial charge in [-0.15, -0.1) is 0 Å². The third kappa shape index (κ3) is 4.27. The van der Waals surface area contributed by atoms with Crippen LogP contribution < -0.4 is 0 Å². The lowest BCUT2D eigenvalue weighted by Gasteiger charge is -1.84. The Balaban J connectivity index is 4.26. The average Bonchev–Trinajstić information content (AvgIpc) is 1.90. The zero-order valence-corrected chi connectivity index (χ0v) is 7.39. The summed E-state index contributed by atoms with van der Waals surface area (Å²) in [5, 5.41) is 0. The van der Waals surface area contributed by atoms with Gasteiger partial charge in [0.2, 0.25) is 0 Å². The van der Waals surface area contributed by atoms with E-state index in [0.29, 0.717) is 5.57 Å². The summed E-state index contributed by atoms with van der Waals surface area (Å²) in [5.74, 6) is 0. The van der Waals surface area contributed by atoms with Crippen LogP contribution >= 0.6 is 15.9 Å². The number of carbonyl (C=O) groups is 1. The van der Waals surface area contributed by atoms with Gasteiger partial charge in [0.1, 0.15) is 6.29 Å². The molecule has 0 aromatic heterocycles. The van der Waals surface area contributed by atoms with Gasteiger partial charge in [-0.25, -0.2) is 0 Å². The Bertz CT molecular complexity index is 175. The third-order valence-electron chi connectivity index (χ3n) is 0.877. The van der Waals surface area contributed by atoms with Crippen molar-refractivity contribution in [2.45, 2.75) is 6.92 Å². The molecule has 1 nitrogen and oxygen atoms in total. The van der Waals surface area contributed by atoms with E-state index >= 15 is 0 Å². The highest BCUT2D eigenvalue weighted by Crippen LogP contribution is 2.03. The summed E-state index contributed by atoms with van der Waals surface area (Å²) in [5.41, 5.74) is 0.582. The van der Waals surface area contributed by atoms with Gasteiger partial charge in [-0.3, -0.25) is 4.79 Å². The first kappa shape index (κ1) is 9.37. The Morgan fingerprint density at radius 1 is 1.50 bits per heavy atom. The summed E-state index contributed by atoms with van der Waals surface area (Å²) in [7, 11) is 0. The second-order valence-corrected chi connectivity index (χ2v) is 2.99. The SMILES string of the molecule is C=C/C(C=O)=C\C=C(/C)Br. The predicted octanol–water partition coefficient (Wildman–Crippen LogP) is 2.60. The average molecular weight is 201 g/mol. The van der Waals surface area contributed by atoms with Gasteiger partial charge in [0.05, 0.1) is 0 Å². The van der Waals surface area contributed by atoms with Crippen LogP contribution in [-0.2, 0) is 4.79 Å². The first-order valence-electron chi connectivity index (χ1n) is 2.82. The molecule has 0 bridgehead atoms. The Hall–Kier alpha value is -0.630. The minimum Gasteiger partial charge on any atom is -0.298 e. The molecule has 2 heteroatoms. The molecule has 0 radical (unpaired) electrons. The van der Waals surface area contributed by atoms with Crippen LogP contribution in [0.15, 0.2) is 34.9 Å². The largest absolute Gasteiger partial charge is 0.298 e. The summed E-state index contributed by atoms with van der Waals surface area (Å²) >= 11 is 3.23. The highest BCUT2D eigenvalue weighted by molar-refractivity contribution is 9.11. The number of rotatable bonds is 3. The van der Waals surface area contributed by atoms with E-state index in [2.05, 4.69) is 22.5 Å². The standard InChI is InChI=1S/C8H9BrO/c1-3-8(6-10)5-4-7(2)9/h3-6H,1H2,2H3/b7-4+,8-5+. The normalized spacial score (nSPS) is 13.0. The zero-order chi connectivity index (χ0) is 7.98. The van der Waals surface area contributed by atoms with E-state index in [-0.39, 0.29) is 0 Å². The van der Waals surface area contributed by atoms with Crippen molar-refractivity contribution in [2.75, 3.05) is 0 Å². The molecule has 0 saturated heterocycles. The number of allylic oxidation sites excluding steroid dienone is 5. The summed E-state index contributed by atoms with van der Waals surface area (Å²) in [6.07, 6.45) is 5.77. The summed E-state index contributed by atoms with van der Waals surface area (Å²) in [6, 6.07) is 0. The molecule has 0 aliphatic carbocycles. The fourth-order valence-electron chi connectivity index (χ4n) is 0.366. The van der Waals surface area contributed by atoms with Crippen LogP contribution in [0.4, 0.5) is 0 Å². The molecule has 0 unspecified atom stereocenters. The number of aldehydes is 1. The number of carbonyl (C=O) groups excluding carboxylic acids is 1. The number of hydrogen-bond donors (Lipinski definition) is 0. The molecule has 0 aromatic rings. The van der Waals surface area contributed by atoms with Crippen LogP contribution in [-0.4, -0.2) is 6.29 Å². The predicted molar refractivity (Wildman–Crippen MR) is 47.0 cm³/mol. The molecule has 0 aromatic carbocycles. The molecule has 10 heavy (non-hydrogen) atoms. The topological polar surface area (TPSA) is 17.1 Å². The number of halogens is 1. The summed E-state index contributed by atoms with van der Waals surface area (Å²) in [4.78, 5) is 10.2. The van der Waals surface area contributed by atoms with E-state index in [4.69, 9.17) is 0 Å². The maximum Gasteiger partial charge on any atom is 0.150 e. The molecule has 0 rings (SSSR count). The summed E-state index contributed by atoms with van der Waals surface area (Å²) < 4.78 is 0.980. The van der Waals surface area contributed by atoms with E-state index in [1.54, 1.807) is 12.2 Å². The van der Waals surface area contributed by atoms with Crippen molar-refractivity contribution in [3.05, 3.63) is 34.9 Å². The van der Waals surface area contributed by atoms with Gasteiger partial charge in [-0.1, -0.05) is 40.7 Å². The number of hydrogen-bond acceptors (Lipinski definition) is 1. The van der Waals surface area contributed by atoms with Crippen LogP contribution in [0.3, 0.4) is 0 Å². The molecule has 0 fully saturated rings. The molecule has 0 N–H and O–H groups in total. The van der Waals surface area contributed by atoms with Crippen molar-refractivity contribution in [2.24, 2.45) is 0 Å². The maximum absolute atomic E-state index is 10.2. The quantitative estimate of drug-likeness (QED) is 0.389. The van der Waals surface area contributed by atoms with E-state index in [1.165, 1.54) is 6.08 Å². The van der Waals surface area contributed by atoms with Crippen LogP contribution in [0.1, 0.15) is 6.92 Å². The highest BCUT2D eigenvalue weighted by atomic mass is 79.9. The van der Waals surface area contributed by atoms with Crippen LogP contribution in [0.5, 0.6) is 0 Å². The van der Waals surface area contributed by atoms with Gasteiger partial charge in [0, 0.05) is 5.57 Å². The molecular weight excluding hydrogens is 192 g/mol. The van der Waals surface area contributed by atoms with Crippen LogP contribution in [0.25, 0.3) is 0 Å². The lowest BCUT2D eigenvalue weighted by atomic mass is 10.2. The summed E-state index contributed by atoms with van der Waals surface area (Å²) in [6.45, 7) is 5.36. The minimum atomic E-state index is 0.582. The second kappa shape index (κ2) is 5.18. The molecule has 54 valence electrons. The van der Waals surface area contributed by atoms with Crippen molar-refractivity contribution < 1.29 is 4.79 Å². The molecular formula is C8H9BrO. The fraction of sp³-hybridized carbons (Fsp3) is 0.125. The van der Waals surface area contributed by atoms with Gasteiger partial charge >= 0.3 is 0 Å². The maximum atomic E-state index is 10.2. The lowest BCUT2D eigenvalue weighted by molar-refractivity contribution is -0.104. The molecule has 0 aliphatic heterocycles. The van der Waals surface area contributed by atoms with Crippen LogP contribution in [0.2, 0.25) is 0 Å². The minimum absolute atomic E-state index is 0.582. The molecule has 0 saturated carbocycles. The van der Waals surface area contributed by atoms with Gasteiger partial charge in [-0.2, -0.15) is 0 Å². The van der Waals surface area contributed by atoms with Crippen molar-refractivity contribution >= 4 is 22.2 Å². The van der Waals surface area contributed by atoms with E-state index < -0.39 is 0 Å². The second-order valence-electron chi connectivity index (χ2n) is 1.74. The van der Waals surface area contributed by atoms with Crippen LogP contribution in [0, 0.1) is 0 Å². The molecule has 0 atom stereocenters. The Morgan fingerprint density at radius 3 is 2.40 bits per heavy atom.